The quantitative estimate of drug-likeness (QED) is 0.890. The lowest BCUT2D eigenvalue weighted by Gasteiger charge is -2.30. The Morgan fingerprint density at radius 1 is 0.944 bits per heavy atom. The fourth-order valence-corrected chi connectivity index (χ4v) is 3.14. The predicted octanol–water partition coefficient (Wildman–Crippen LogP) is 2.47. The molecule has 0 atom stereocenters. The van der Waals surface area contributed by atoms with Crippen molar-refractivity contribution in [2.24, 2.45) is 11.8 Å². The van der Waals surface area contributed by atoms with Crippen LogP contribution < -0.4 is 9.47 Å². The van der Waals surface area contributed by atoms with E-state index in [0.29, 0.717) is 25.0 Å². The van der Waals surface area contributed by atoms with Gasteiger partial charge in [-0.1, -0.05) is 6.07 Å². The Labute approximate surface area is 107 Å². The third-order valence-electron chi connectivity index (χ3n) is 4.40. The molecule has 2 saturated carbocycles. The summed E-state index contributed by atoms with van der Waals surface area (Å²) >= 11 is 0. The maximum atomic E-state index is 11.1. The van der Waals surface area contributed by atoms with Crippen LogP contribution in [0.1, 0.15) is 31.2 Å². The van der Waals surface area contributed by atoms with Crippen molar-refractivity contribution in [1.29, 1.82) is 0 Å². The molecule has 0 aromatic heterocycles. The summed E-state index contributed by atoms with van der Waals surface area (Å²) in [6, 6.07) is 5.95. The van der Waals surface area contributed by atoms with E-state index in [1.54, 1.807) is 0 Å². The highest BCUT2D eigenvalue weighted by Crippen LogP contribution is 2.58. The van der Waals surface area contributed by atoms with Gasteiger partial charge >= 0.3 is 0 Å². The van der Waals surface area contributed by atoms with Gasteiger partial charge in [-0.05, 0) is 55.2 Å². The lowest BCUT2D eigenvalue weighted by molar-refractivity contribution is -0.0106. The summed E-state index contributed by atoms with van der Waals surface area (Å²) in [4.78, 5) is 0. The van der Waals surface area contributed by atoms with E-state index in [4.69, 9.17) is 9.47 Å². The van der Waals surface area contributed by atoms with E-state index in [0.717, 1.165) is 42.7 Å². The molecule has 2 fully saturated rings. The molecular weight excluding hydrogens is 228 g/mol. The van der Waals surface area contributed by atoms with Gasteiger partial charge in [0, 0.05) is 0 Å². The molecule has 0 amide bonds. The molecule has 1 N–H and O–H groups in total. The van der Waals surface area contributed by atoms with Gasteiger partial charge in [-0.15, -0.1) is 0 Å². The van der Waals surface area contributed by atoms with Crippen LogP contribution in [0, 0.1) is 11.8 Å². The number of aliphatic hydroxyl groups is 1. The number of fused-ring (bicyclic) bond motifs is 1. The Hall–Kier alpha value is -1.22. The summed E-state index contributed by atoms with van der Waals surface area (Å²) in [5.41, 5.74) is 0.410. The topological polar surface area (TPSA) is 38.7 Å². The van der Waals surface area contributed by atoms with Crippen molar-refractivity contribution < 1.29 is 14.6 Å². The third kappa shape index (κ3) is 1.53. The van der Waals surface area contributed by atoms with Gasteiger partial charge in [-0.25, -0.2) is 0 Å². The first kappa shape index (κ1) is 10.7. The van der Waals surface area contributed by atoms with E-state index in [1.807, 2.05) is 18.2 Å². The van der Waals surface area contributed by atoms with Crippen LogP contribution in [-0.2, 0) is 5.60 Å². The molecule has 1 aliphatic heterocycles. The van der Waals surface area contributed by atoms with Gasteiger partial charge in [-0.3, -0.25) is 0 Å². The van der Waals surface area contributed by atoms with Gasteiger partial charge in [0.15, 0.2) is 11.5 Å². The number of benzene rings is 1. The molecule has 0 bridgehead atoms. The van der Waals surface area contributed by atoms with Crippen LogP contribution in [0.25, 0.3) is 0 Å². The van der Waals surface area contributed by atoms with Crippen LogP contribution in [0.3, 0.4) is 0 Å². The summed E-state index contributed by atoms with van der Waals surface area (Å²) in [5, 5.41) is 11.1. The van der Waals surface area contributed by atoms with Gasteiger partial charge in [0.25, 0.3) is 0 Å². The van der Waals surface area contributed by atoms with Crippen molar-refractivity contribution in [1.82, 2.24) is 0 Å². The SMILES string of the molecule is OC(c1ccc2c(c1)OCCO2)(C1CC1)C1CC1. The molecule has 3 aliphatic rings. The minimum absolute atomic E-state index is 0.451. The minimum atomic E-state index is -0.615. The molecule has 1 aromatic carbocycles. The van der Waals surface area contributed by atoms with E-state index >= 15 is 0 Å². The highest BCUT2D eigenvalue weighted by Gasteiger charge is 2.54. The second-order valence-electron chi connectivity index (χ2n) is 5.73. The Bertz CT molecular complexity index is 463. The molecule has 0 spiro atoms. The number of rotatable bonds is 3. The molecule has 18 heavy (non-hydrogen) atoms. The summed E-state index contributed by atoms with van der Waals surface area (Å²) < 4.78 is 11.2. The maximum absolute atomic E-state index is 11.1. The molecule has 0 saturated heterocycles. The van der Waals surface area contributed by atoms with Crippen LogP contribution in [0.15, 0.2) is 18.2 Å². The lowest BCUT2D eigenvalue weighted by atomic mass is 9.84. The van der Waals surface area contributed by atoms with Crippen molar-refractivity contribution in [3.8, 4) is 11.5 Å². The first-order chi connectivity index (χ1) is 8.78. The van der Waals surface area contributed by atoms with Crippen molar-refractivity contribution in [2.45, 2.75) is 31.3 Å². The van der Waals surface area contributed by atoms with Crippen LogP contribution in [0.2, 0.25) is 0 Å². The molecule has 3 heteroatoms. The smallest absolute Gasteiger partial charge is 0.161 e. The highest BCUT2D eigenvalue weighted by molar-refractivity contribution is 5.46. The monoisotopic (exact) mass is 246 g/mol. The molecule has 1 heterocycles. The van der Waals surface area contributed by atoms with E-state index in [9.17, 15) is 5.11 Å². The fraction of sp³-hybridized carbons (Fsp3) is 0.600. The zero-order valence-corrected chi connectivity index (χ0v) is 10.4. The van der Waals surface area contributed by atoms with Gasteiger partial charge in [-0.2, -0.15) is 0 Å². The minimum Gasteiger partial charge on any atom is -0.486 e. The van der Waals surface area contributed by atoms with E-state index in [1.165, 1.54) is 0 Å². The van der Waals surface area contributed by atoms with Crippen molar-refractivity contribution in [3.63, 3.8) is 0 Å². The Morgan fingerprint density at radius 2 is 1.56 bits per heavy atom. The summed E-state index contributed by atoms with van der Waals surface area (Å²) in [7, 11) is 0. The molecule has 0 unspecified atom stereocenters. The summed E-state index contributed by atoms with van der Waals surface area (Å²) in [6.07, 6.45) is 4.62. The van der Waals surface area contributed by atoms with Gasteiger partial charge in [0.05, 0.1) is 5.60 Å². The van der Waals surface area contributed by atoms with Crippen LogP contribution in [-0.4, -0.2) is 18.3 Å². The third-order valence-corrected chi connectivity index (χ3v) is 4.40. The van der Waals surface area contributed by atoms with Crippen LogP contribution >= 0.6 is 0 Å². The standard InChI is InChI=1S/C15H18O3/c16-15(10-1-2-10,11-3-4-11)12-5-6-13-14(9-12)18-8-7-17-13/h5-6,9-11,16H,1-4,7-8H2. The largest absolute Gasteiger partial charge is 0.486 e. The first-order valence-electron chi connectivity index (χ1n) is 6.91. The van der Waals surface area contributed by atoms with E-state index < -0.39 is 5.60 Å². The molecule has 4 rings (SSSR count). The highest BCUT2D eigenvalue weighted by atomic mass is 16.6. The Morgan fingerprint density at radius 3 is 2.17 bits per heavy atom. The van der Waals surface area contributed by atoms with Crippen LogP contribution in [0.5, 0.6) is 11.5 Å². The molecule has 2 aliphatic carbocycles. The van der Waals surface area contributed by atoms with Crippen molar-refractivity contribution in [2.75, 3.05) is 13.2 Å². The summed E-state index contributed by atoms with van der Waals surface area (Å²) in [5.74, 6) is 2.50. The zero-order valence-electron chi connectivity index (χ0n) is 10.4. The predicted molar refractivity (Wildman–Crippen MR) is 66.8 cm³/mol. The maximum Gasteiger partial charge on any atom is 0.161 e. The average Bonchev–Trinajstić information content (AvgIpc) is 3.30. The van der Waals surface area contributed by atoms with Crippen LogP contribution in [0.4, 0.5) is 0 Å². The number of hydrogen-bond acceptors (Lipinski definition) is 3. The first-order valence-corrected chi connectivity index (χ1v) is 6.91. The Balaban J connectivity index is 1.74. The van der Waals surface area contributed by atoms with Crippen molar-refractivity contribution in [3.05, 3.63) is 23.8 Å². The Kier molecular flexibility index (Phi) is 2.16. The van der Waals surface area contributed by atoms with Gasteiger partial charge in [0.2, 0.25) is 0 Å². The average molecular weight is 246 g/mol. The molecule has 1 aromatic rings. The zero-order chi connectivity index (χ0) is 12.2. The van der Waals surface area contributed by atoms with E-state index in [2.05, 4.69) is 0 Å². The number of ether oxygens (including phenoxy) is 2. The molecule has 0 radical (unpaired) electrons. The van der Waals surface area contributed by atoms with Crippen molar-refractivity contribution >= 4 is 0 Å². The molecule has 3 nitrogen and oxygen atoms in total. The second kappa shape index (κ2) is 3.64. The normalized spacial score (nSPS) is 22.9. The summed E-state index contributed by atoms with van der Waals surface area (Å²) in [6.45, 7) is 1.21. The number of hydrogen-bond donors (Lipinski definition) is 1. The molecule has 96 valence electrons. The van der Waals surface area contributed by atoms with Gasteiger partial charge < -0.3 is 14.6 Å². The van der Waals surface area contributed by atoms with E-state index in [-0.39, 0.29) is 0 Å². The second-order valence-corrected chi connectivity index (χ2v) is 5.73. The van der Waals surface area contributed by atoms with Gasteiger partial charge in [0.1, 0.15) is 13.2 Å². The lowest BCUT2D eigenvalue weighted by Crippen LogP contribution is -2.31. The fourth-order valence-electron chi connectivity index (χ4n) is 3.14. The molecular formula is C15H18O3.